The van der Waals surface area contributed by atoms with Gasteiger partial charge in [-0.3, -0.25) is 4.84 Å². The van der Waals surface area contributed by atoms with Crippen molar-refractivity contribution in [1.82, 2.24) is 4.89 Å². The Hall–Kier alpha value is -1.65. The van der Waals surface area contributed by atoms with Crippen molar-refractivity contribution in [3.05, 3.63) is 35.4 Å². The second-order valence-corrected chi connectivity index (χ2v) is 5.62. The van der Waals surface area contributed by atoms with Gasteiger partial charge in [0.2, 0.25) is 10.0 Å². The largest absolute Gasteiger partial charge is 0.465 e. The molecule has 1 N–H and O–H groups in total. The van der Waals surface area contributed by atoms with Crippen LogP contribution in [0.2, 0.25) is 0 Å². The van der Waals surface area contributed by atoms with Crippen molar-refractivity contribution in [3.63, 3.8) is 0 Å². The molecule has 0 aliphatic carbocycles. The molecule has 1 aromatic rings. The Morgan fingerprint density at radius 3 is 2.29 bits per heavy atom. The van der Waals surface area contributed by atoms with Crippen molar-refractivity contribution in [1.29, 1.82) is 0 Å². The summed E-state index contributed by atoms with van der Waals surface area (Å²) in [6.07, 6.45) is -4.63. The summed E-state index contributed by atoms with van der Waals surface area (Å²) in [5.41, 5.74) is 0.491. The summed E-state index contributed by atoms with van der Waals surface area (Å²) in [5, 5.41) is 0. The van der Waals surface area contributed by atoms with Gasteiger partial charge in [-0.05, 0) is 17.7 Å². The molecule has 0 unspecified atom stereocenters. The SMILES string of the molecule is COC(=O)c1ccc(CS(=O)(=O)NOCC(F)(F)F)cc1. The van der Waals surface area contributed by atoms with Gasteiger partial charge in [0.05, 0.1) is 18.4 Å². The number of sulfonamides is 1. The van der Waals surface area contributed by atoms with E-state index in [9.17, 15) is 26.4 Å². The molecule has 0 bridgehead atoms. The van der Waals surface area contributed by atoms with Crippen LogP contribution in [0.4, 0.5) is 13.2 Å². The Labute approximate surface area is 118 Å². The van der Waals surface area contributed by atoms with E-state index < -0.39 is 34.5 Å². The van der Waals surface area contributed by atoms with Crippen LogP contribution >= 0.6 is 0 Å². The minimum Gasteiger partial charge on any atom is -0.465 e. The molecule has 0 radical (unpaired) electrons. The second kappa shape index (κ2) is 6.87. The number of esters is 1. The van der Waals surface area contributed by atoms with Gasteiger partial charge in [0.15, 0.2) is 6.61 Å². The number of nitrogens with one attached hydrogen (secondary N) is 1. The summed E-state index contributed by atoms with van der Waals surface area (Å²) in [7, 11) is -2.89. The molecule has 1 aromatic carbocycles. The van der Waals surface area contributed by atoms with Gasteiger partial charge < -0.3 is 4.74 Å². The van der Waals surface area contributed by atoms with Gasteiger partial charge in [-0.15, -0.1) is 0 Å². The molecule has 0 aromatic heterocycles. The van der Waals surface area contributed by atoms with Gasteiger partial charge in [0, 0.05) is 0 Å². The molecule has 10 heteroatoms. The number of ether oxygens (including phenoxy) is 1. The van der Waals surface area contributed by atoms with Crippen LogP contribution in [0.5, 0.6) is 0 Å². The Kier molecular flexibility index (Phi) is 5.70. The summed E-state index contributed by atoms with van der Waals surface area (Å²) in [5.74, 6) is -1.18. The molecule has 118 valence electrons. The molecule has 0 saturated carbocycles. The molecule has 0 fully saturated rings. The van der Waals surface area contributed by atoms with Crippen LogP contribution in [-0.2, 0) is 25.4 Å². The Balaban J connectivity index is 2.61. The summed E-state index contributed by atoms with van der Waals surface area (Å²) in [4.78, 5) is 16.4. The third-order valence-electron chi connectivity index (χ3n) is 2.15. The Bertz CT molecular complexity index is 583. The minimum atomic E-state index is -4.63. The topological polar surface area (TPSA) is 81.7 Å². The summed E-state index contributed by atoms with van der Waals surface area (Å²) in [6, 6.07) is 5.37. The summed E-state index contributed by atoms with van der Waals surface area (Å²) >= 11 is 0. The summed E-state index contributed by atoms with van der Waals surface area (Å²) < 4.78 is 62.8. The lowest BCUT2D eigenvalue weighted by molar-refractivity contribution is -0.181. The lowest BCUT2D eigenvalue weighted by Gasteiger charge is -2.09. The zero-order chi connectivity index (χ0) is 16.1. The highest BCUT2D eigenvalue weighted by molar-refractivity contribution is 7.88. The van der Waals surface area contributed by atoms with Crippen LogP contribution in [0.25, 0.3) is 0 Å². The normalized spacial score (nSPS) is 12.2. The molecule has 0 aliphatic rings. The van der Waals surface area contributed by atoms with E-state index in [0.29, 0.717) is 0 Å². The van der Waals surface area contributed by atoms with Crippen molar-refractivity contribution >= 4 is 16.0 Å². The maximum absolute atomic E-state index is 11.8. The van der Waals surface area contributed by atoms with Gasteiger partial charge in [0.1, 0.15) is 0 Å². The van der Waals surface area contributed by atoms with Gasteiger partial charge >= 0.3 is 12.1 Å². The maximum Gasteiger partial charge on any atom is 0.413 e. The van der Waals surface area contributed by atoms with Crippen molar-refractivity contribution < 1.29 is 36.0 Å². The van der Waals surface area contributed by atoms with Gasteiger partial charge in [-0.2, -0.15) is 13.2 Å². The molecule has 0 atom stereocenters. The lowest BCUT2D eigenvalue weighted by atomic mass is 10.1. The van der Waals surface area contributed by atoms with E-state index in [1.165, 1.54) is 36.3 Å². The van der Waals surface area contributed by atoms with Gasteiger partial charge in [-0.25, -0.2) is 13.2 Å². The van der Waals surface area contributed by atoms with E-state index in [1.807, 2.05) is 0 Å². The first-order valence-corrected chi connectivity index (χ1v) is 7.13. The molecule has 0 amide bonds. The van der Waals surface area contributed by atoms with Crippen LogP contribution in [0.3, 0.4) is 0 Å². The van der Waals surface area contributed by atoms with Gasteiger partial charge in [0.25, 0.3) is 0 Å². The number of methoxy groups -OCH3 is 1. The number of halogens is 3. The number of carbonyl (C=O) groups excluding carboxylic acids is 1. The molecule has 0 aliphatic heterocycles. The molecule has 6 nitrogen and oxygen atoms in total. The average Bonchev–Trinajstić information content (AvgIpc) is 2.36. The summed E-state index contributed by atoms with van der Waals surface area (Å²) in [6.45, 7) is -1.73. The third kappa shape index (κ3) is 6.56. The number of hydrogen-bond donors (Lipinski definition) is 1. The van der Waals surface area contributed by atoms with E-state index in [2.05, 4.69) is 9.57 Å². The van der Waals surface area contributed by atoms with E-state index >= 15 is 0 Å². The predicted octanol–water partition coefficient (Wildman–Crippen LogP) is 1.39. The third-order valence-corrected chi connectivity index (χ3v) is 3.24. The maximum atomic E-state index is 11.8. The van der Waals surface area contributed by atoms with Crippen molar-refractivity contribution in [3.8, 4) is 0 Å². The molecule has 0 heterocycles. The molecular formula is C11H12F3NO5S. The quantitative estimate of drug-likeness (QED) is 0.631. The number of carbonyl (C=O) groups is 1. The van der Waals surface area contributed by atoms with E-state index in [1.54, 1.807) is 0 Å². The van der Waals surface area contributed by atoms with Crippen molar-refractivity contribution in [2.24, 2.45) is 0 Å². The second-order valence-electron chi connectivity index (χ2n) is 3.93. The number of hydrogen-bond acceptors (Lipinski definition) is 5. The highest BCUT2D eigenvalue weighted by Gasteiger charge is 2.28. The van der Waals surface area contributed by atoms with Crippen molar-refractivity contribution in [2.75, 3.05) is 13.7 Å². The monoisotopic (exact) mass is 327 g/mol. The van der Waals surface area contributed by atoms with Crippen LogP contribution in [-0.4, -0.2) is 34.3 Å². The zero-order valence-electron chi connectivity index (χ0n) is 10.8. The molecule has 1 rings (SSSR count). The standard InChI is InChI=1S/C11H12F3NO5S/c1-19-10(16)9-4-2-8(3-5-9)6-21(17,18)15-20-7-11(12,13)14/h2-5,15H,6-7H2,1H3. The van der Waals surface area contributed by atoms with E-state index in [-0.39, 0.29) is 11.1 Å². The van der Waals surface area contributed by atoms with Crippen LogP contribution in [0, 0.1) is 0 Å². The smallest absolute Gasteiger partial charge is 0.413 e. The molecule has 0 spiro atoms. The van der Waals surface area contributed by atoms with Gasteiger partial charge in [-0.1, -0.05) is 17.0 Å². The minimum absolute atomic E-state index is 0.222. The predicted molar refractivity (Wildman–Crippen MR) is 65.5 cm³/mol. The van der Waals surface area contributed by atoms with Crippen LogP contribution < -0.4 is 4.89 Å². The van der Waals surface area contributed by atoms with Crippen LogP contribution in [0.15, 0.2) is 24.3 Å². The Morgan fingerprint density at radius 1 is 1.24 bits per heavy atom. The van der Waals surface area contributed by atoms with E-state index in [0.717, 1.165) is 0 Å². The first kappa shape index (κ1) is 17.4. The first-order valence-electron chi connectivity index (χ1n) is 5.48. The molecule has 21 heavy (non-hydrogen) atoms. The fraction of sp³-hybridized carbons (Fsp3) is 0.364. The number of rotatable bonds is 6. The Morgan fingerprint density at radius 2 is 1.81 bits per heavy atom. The fourth-order valence-corrected chi connectivity index (χ4v) is 2.23. The highest BCUT2D eigenvalue weighted by atomic mass is 32.2. The highest BCUT2D eigenvalue weighted by Crippen LogP contribution is 2.14. The van der Waals surface area contributed by atoms with E-state index in [4.69, 9.17) is 0 Å². The van der Waals surface area contributed by atoms with Crippen LogP contribution in [0.1, 0.15) is 15.9 Å². The number of alkyl halides is 3. The van der Waals surface area contributed by atoms with Crippen molar-refractivity contribution in [2.45, 2.75) is 11.9 Å². The zero-order valence-corrected chi connectivity index (χ0v) is 11.6. The fourth-order valence-electron chi connectivity index (χ4n) is 1.30. The average molecular weight is 327 g/mol. The molecular weight excluding hydrogens is 315 g/mol. The number of benzene rings is 1. The molecule has 0 saturated heterocycles. The lowest BCUT2D eigenvalue weighted by Crippen LogP contribution is -2.30. The first-order chi connectivity index (χ1) is 9.63.